The molecule has 1 heterocycles. The molecular weight excluding hydrogens is 290 g/mol. The first-order valence-corrected chi connectivity index (χ1v) is 7.81. The van der Waals surface area contributed by atoms with Crippen LogP contribution in [-0.2, 0) is 10.2 Å². The number of Topliss-reactive ketones (excluding diaryl/α,β-unsaturated/α-hetero) is 1. The Kier molecular flexibility index (Phi) is 4.14. The van der Waals surface area contributed by atoms with Gasteiger partial charge in [-0.1, -0.05) is 39.0 Å². The molecule has 0 bridgehead atoms. The number of hydrogen-bond acceptors (Lipinski definition) is 3. The molecule has 0 aliphatic heterocycles. The van der Waals surface area contributed by atoms with E-state index in [-0.39, 0.29) is 11.2 Å². The van der Waals surface area contributed by atoms with Crippen molar-refractivity contribution in [3.8, 4) is 0 Å². The monoisotopic (exact) mass is 315 g/mol. The molecule has 1 aromatic heterocycles. The third-order valence-corrected chi connectivity index (χ3v) is 3.51. The van der Waals surface area contributed by atoms with E-state index in [4.69, 9.17) is 4.74 Å². The smallest absolute Gasteiger partial charge is 0.419 e. The summed E-state index contributed by atoms with van der Waals surface area (Å²) in [5, 5.41) is 0.788. The van der Waals surface area contributed by atoms with E-state index in [0.717, 1.165) is 5.39 Å². The average Bonchev–Trinajstić information content (AvgIpc) is 2.71. The number of carbonyl (C=O) groups is 2. The maximum Gasteiger partial charge on any atom is 0.419 e. The second-order valence-electron chi connectivity index (χ2n) is 7.86. The number of nitrogens with zero attached hydrogens (tertiary/aromatic N) is 1. The summed E-state index contributed by atoms with van der Waals surface area (Å²) in [7, 11) is 0. The van der Waals surface area contributed by atoms with E-state index in [1.54, 1.807) is 4.57 Å². The van der Waals surface area contributed by atoms with Crippen LogP contribution in [0.25, 0.3) is 10.9 Å². The minimum Gasteiger partial charge on any atom is -0.443 e. The van der Waals surface area contributed by atoms with Gasteiger partial charge in [-0.2, -0.15) is 0 Å². The van der Waals surface area contributed by atoms with Crippen LogP contribution in [0.3, 0.4) is 0 Å². The molecule has 0 spiro atoms. The molecule has 2 rings (SSSR count). The van der Waals surface area contributed by atoms with Crippen molar-refractivity contribution in [3.63, 3.8) is 0 Å². The molecule has 4 nitrogen and oxygen atoms in total. The van der Waals surface area contributed by atoms with Crippen molar-refractivity contribution in [2.45, 2.75) is 59.5 Å². The lowest BCUT2D eigenvalue weighted by Crippen LogP contribution is -2.31. The maximum absolute atomic E-state index is 12.8. The van der Waals surface area contributed by atoms with Crippen molar-refractivity contribution >= 4 is 22.8 Å². The fraction of sp³-hybridized carbons (Fsp3) is 0.474. The molecule has 0 radical (unpaired) electrons. The van der Waals surface area contributed by atoms with Gasteiger partial charge in [0.1, 0.15) is 5.60 Å². The number of rotatable bonds is 1. The zero-order valence-electron chi connectivity index (χ0n) is 15.0. The Hall–Kier alpha value is -2.10. The Bertz CT molecular complexity index is 770. The van der Waals surface area contributed by atoms with Crippen LogP contribution in [0.15, 0.2) is 24.3 Å². The van der Waals surface area contributed by atoms with Gasteiger partial charge in [0.2, 0.25) is 0 Å². The SMILES string of the molecule is CC(=O)c1c(C(C)(C)C)n(C(=O)OC(C)(C)C)c2ccccc12. The molecule has 0 saturated heterocycles. The van der Waals surface area contributed by atoms with Crippen LogP contribution in [0, 0.1) is 0 Å². The summed E-state index contributed by atoms with van der Waals surface area (Å²) in [6.45, 7) is 13.0. The molecule has 23 heavy (non-hydrogen) atoms. The summed E-state index contributed by atoms with van der Waals surface area (Å²) in [6, 6.07) is 7.46. The van der Waals surface area contributed by atoms with Crippen LogP contribution in [0.4, 0.5) is 4.79 Å². The van der Waals surface area contributed by atoms with Crippen LogP contribution in [0.5, 0.6) is 0 Å². The summed E-state index contributed by atoms with van der Waals surface area (Å²) < 4.78 is 7.13. The molecule has 0 unspecified atom stereocenters. The summed E-state index contributed by atoms with van der Waals surface area (Å²) >= 11 is 0. The second kappa shape index (κ2) is 5.52. The van der Waals surface area contributed by atoms with Crippen molar-refractivity contribution in [2.75, 3.05) is 0 Å². The highest BCUT2D eigenvalue weighted by atomic mass is 16.6. The van der Waals surface area contributed by atoms with E-state index < -0.39 is 11.7 Å². The highest BCUT2D eigenvalue weighted by Gasteiger charge is 2.32. The van der Waals surface area contributed by atoms with Gasteiger partial charge in [0, 0.05) is 22.1 Å². The first-order valence-electron chi connectivity index (χ1n) is 7.81. The zero-order valence-corrected chi connectivity index (χ0v) is 15.0. The topological polar surface area (TPSA) is 48.3 Å². The molecule has 0 N–H and O–H groups in total. The average molecular weight is 315 g/mol. The van der Waals surface area contributed by atoms with Crippen LogP contribution < -0.4 is 0 Å². The van der Waals surface area contributed by atoms with Crippen LogP contribution in [0.2, 0.25) is 0 Å². The number of hydrogen-bond donors (Lipinski definition) is 0. The molecular formula is C19H25NO3. The number of ketones is 1. The number of fused-ring (bicyclic) bond motifs is 1. The highest BCUT2D eigenvalue weighted by molar-refractivity contribution is 6.11. The first-order chi connectivity index (χ1) is 10.4. The second-order valence-corrected chi connectivity index (χ2v) is 7.86. The summed E-state index contributed by atoms with van der Waals surface area (Å²) in [5.74, 6) is -0.0477. The predicted octanol–water partition coefficient (Wildman–Crippen LogP) is 4.92. The Labute approximate surface area is 137 Å². The van der Waals surface area contributed by atoms with E-state index in [0.29, 0.717) is 16.8 Å². The lowest BCUT2D eigenvalue weighted by Gasteiger charge is -2.25. The minimum atomic E-state index is -0.603. The van der Waals surface area contributed by atoms with Gasteiger partial charge in [-0.15, -0.1) is 0 Å². The van der Waals surface area contributed by atoms with Gasteiger partial charge in [0.05, 0.1) is 5.52 Å². The molecule has 1 aromatic carbocycles. The predicted molar refractivity (Wildman–Crippen MR) is 92.3 cm³/mol. The molecule has 0 aliphatic carbocycles. The highest BCUT2D eigenvalue weighted by Crippen LogP contribution is 2.35. The van der Waals surface area contributed by atoms with Crippen LogP contribution in [0.1, 0.15) is 64.5 Å². The fourth-order valence-corrected chi connectivity index (χ4v) is 2.80. The Balaban J connectivity index is 2.87. The van der Waals surface area contributed by atoms with Crippen LogP contribution >= 0.6 is 0 Å². The maximum atomic E-state index is 12.8. The van der Waals surface area contributed by atoms with E-state index in [1.807, 2.05) is 65.8 Å². The summed E-state index contributed by atoms with van der Waals surface area (Å²) in [4.78, 5) is 25.1. The molecule has 4 heteroatoms. The quantitative estimate of drug-likeness (QED) is 0.701. The standard InChI is InChI=1S/C19H25NO3/c1-12(21)15-13-10-8-9-11-14(13)20(16(15)18(2,3)4)17(22)23-19(5,6)7/h8-11H,1-7H3. The lowest BCUT2D eigenvalue weighted by molar-refractivity contribution is 0.0535. The first kappa shape index (κ1) is 17.3. The molecule has 124 valence electrons. The number of benzene rings is 1. The minimum absolute atomic E-state index is 0.0477. The van der Waals surface area contributed by atoms with Crippen LogP contribution in [-0.4, -0.2) is 22.0 Å². The third-order valence-electron chi connectivity index (χ3n) is 3.51. The zero-order chi connectivity index (χ0) is 17.6. The van der Waals surface area contributed by atoms with E-state index in [9.17, 15) is 9.59 Å². The number of ether oxygens (including phenoxy) is 1. The van der Waals surface area contributed by atoms with Crippen molar-refractivity contribution in [1.29, 1.82) is 0 Å². The normalized spacial score (nSPS) is 12.5. The molecule has 0 fully saturated rings. The Morgan fingerprint density at radius 2 is 1.57 bits per heavy atom. The van der Waals surface area contributed by atoms with E-state index >= 15 is 0 Å². The third kappa shape index (κ3) is 3.31. The van der Waals surface area contributed by atoms with E-state index in [2.05, 4.69) is 0 Å². The van der Waals surface area contributed by atoms with Crippen molar-refractivity contribution < 1.29 is 14.3 Å². The van der Waals surface area contributed by atoms with Gasteiger partial charge < -0.3 is 4.74 Å². The molecule has 0 amide bonds. The van der Waals surface area contributed by atoms with Gasteiger partial charge in [-0.25, -0.2) is 9.36 Å². The lowest BCUT2D eigenvalue weighted by atomic mass is 9.87. The molecule has 2 aromatic rings. The van der Waals surface area contributed by atoms with Gasteiger partial charge in [-0.3, -0.25) is 4.79 Å². The van der Waals surface area contributed by atoms with Gasteiger partial charge in [0.25, 0.3) is 0 Å². The van der Waals surface area contributed by atoms with Crippen molar-refractivity contribution in [2.24, 2.45) is 0 Å². The molecule has 0 aliphatic rings. The fourth-order valence-electron chi connectivity index (χ4n) is 2.80. The van der Waals surface area contributed by atoms with E-state index in [1.165, 1.54) is 6.92 Å². The van der Waals surface area contributed by atoms with Gasteiger partial charge in [0.15, 0.2) is 5.78 Å². The van der Waals surface area contributed by atoms with Gasteiger partial charge >= 0.3 is 6.09 Å². The summed E-state index contributed by atoms with van der Waals surface area (Å²) in [6.07, 6.45) is -0.453. The summed E-state index contributed by atoms with van der Waals surface area (Å²) in [5.41, 5.74) is 1.02. The van der Waals surface area contributed by atoms with Crippen molar-refractivity contribution in [1.82, 2.24) is 4.57 Å². The number of carbonyl (C=O) groups excluding carboxylic acids is 2. The largest absolute Gasteiger partial charge is 0.443 e. The Morgan fingerprint density at radius 1 is 1.00 bits per heavy atom. The van der Waals surface area contributed by atoms with Gasteiger partial charge in [-0.05, 0) is 33.8 Å². The molecule has 0 atom stereocenters. The molecule has 0 saturated carbocycles. The Morgan fingerprint density at radius 3 is 2.04 bits per heavy atom. The number of aromatic nitrogens is 1. The number of para-hydroxylation sites is 1. The van der Waals surface area contributed by atoms with Crippen molar-refractivity contribution in [3.05, 3.63) is 35.5 Å².